The number of nitrogens with zero attached hydrogens (tertiary/aromatic N) is 3. The summed E-state index contributed by atoms with van der Waals surface area (Å²) in [7, 11) is 1.76. The molecule has 0 atom stereocenters. The van der Waals surface area contributed by atoms with Crippen molar-refractivity contribution >= 4 is 11.6 Å². The minimum Gasteiger partial charge on any atom is -0.406 e. The Bertz CT molecular complexity index is 1010. The summed E-state index contributed by atoms with van der Waals surface area (Å²) in [6.45, 7) is 0. The van der Waals surface area contributed by atoms with Crippen LogP contribution in [-0.2, 0) is 12.5 Å². The molecule has 2 aromatic carbocycles. The van der Waals surface area contributed by atoms with E-state index >= 15 is 0 Å². The van der Waals surface area contributed by atoms with Gasteiger partial charge in [0.1, 0.15) is 17.7 Å². The third-order valence-corrected chi connectivity index (χ3v) is 5.44. The van der Waals surface area contributed by atoms with Crippen molar-refractivity contribution in [1.82, 2.24) is 14.8 Å². The number of benzene rings is 2. The van der Waals surface area contributed by atoms with Gasteiger partial charge in [-0.25, -0.2) is 4.39 Å². The number of alkyl halides is 4. The number of hydrogen-bond donors (Lipinski definition) is 0. The average Bonchev–Trinajstić information content (AvgIpc) is 3.01. The van der Waals surface area contributed by atoms with Crippen LogP contribution in [0.25, 0.3) is 11.4 Å². The van der Waals surface area contributed by atoms with Gasteiger partial charge in [-0.15, -0.1) is 23.4 Å². The summed E-state index contributed by atoms with van der Waals surface area (Å²) in [6.07, 6.45) is -5.14. The average molecular weight is 426 g/mol. The minimum atomic E-state index is -4.75. The summed E-state index contributed by atoms with van der Waals surface area (Å²) in [5, 5.41) is 9.09. The SMILES string of the molecule is Cn1c(-c2ccc(OC(F)(F)F)cc2)nnc1[C@]1(c2ccc(Cl)cc2)C[C@@H](F)C1. The molecule has 1 heterocycles. The third-order valence-electron chi connectivity index (χ3n) is 5.19. The summed E-state index contributed by atoms with van der Waals surface area (Å²) in [5.41, 5.74) is 0.846. The Labute approximate surface area is 169 Å². The Balaban J connectivity index is 1.68. The van der Waals surface area contributed by atoms with E-state index in [0.717, 1.165) is 5.56 Å². The lowest BCUT2D eigenvalue weighted by Gasteiger charge is -2.43. The van der Waals surface area contributed by atoms with Crippen molar-refractivity contribution in [1.29, 1.82) is 0 Å². The predicted molar refractivity (Wildman–Crippen MR) is 99.5 cm³/mol. The molecule has 0 radical (unpaired) electrons. The molecule has 4 rings (SSSR count). The maximum Gasteiger partial charge on any atom is 0.573 e. The third kappa shape index (κ3) is 3.69. The molecule has 1 fully saturated rings. The largest absolute Gasteiger partial charge is 0.573 e. The smallest absolute Gasteiger partial charge is 0.406 e. The fraction of sp³-hybridized carbons (Fsp3) is 0.300. The Morgan fingerprint density at radius 2 is 1.66 bits per heavy atom. The molecule has 0 spiro atoms. The molecule has 1 saturated carbocycles. The highest BCUT2D eigenvalue weighted by Crippen LogP contribution is 2.50. The van der Waals surface area contributed by atoms with Crippen molar-refractivity contribution < 1.29 is 22.3 Å². The number of aromatic nitrogens is 3. The molecule has 0 amide bonds. The Hall–Kier alpha value is -2.61. The molecular formula is C20H16ClF4N3O. The molecule has 29 heavy (non-hydrogen) atoms. The monoisotopic (exact) mass is 425 g/mol. The van der Waals surface area contributed by atoms with Gasteiger partial charge in [0.25, 0.3) is 0 Å². The Morgan fingerprint density at radius 1 is 1.03 bits per heavy atom. The molecular weight excluding hydrogens is 410 g/mol. The van der Waals surface area contributed by atoms with E-state index in [1.54, 1.807) is 23.7 Å². The molecule has 9 heteroatoms. The fourth-order valence-electron chi connectivity index (χ4n) is 3.82. The first-order valence-electron chi connectivity index (χ1n) is 8.84. The fourth-order valence-corrected chi connectivity index (χ4v) is 3.94. The molecule has 1 aromatic heterocycles. The van der Waals surface area contributed by atoms with E-state index in [2.05, 4.69) is 14.9 Å². The van der Waals surface area contributed by atoms with E-state index < -0.39 is 17.9 Å². The summed E-state index contributed by atoms with van der Waals surface area (Å²) in [4.78, 5) is 0. The molecule has 1 aliphatic rings. The zero-order valence-electron chi connectivity index (χ0n) is 15.3. The van der Waals surface area contributed by atoms with Gasteiger partial charge < -0.3 is 9.30 Å². The first-order chi connectivity index (χ1) is 13.7. The quantitative estimate of drug-likeness (QED) is 0.522. The van der Waals surface area contributed by atoms with Crippen molar-refractivity contribution in [2.45, 2.75) is 30.8 Å². The van der Waals surface area contributed by atoms with Gasteiger partial charge in [-0.2, -0.15) is 0 Å². The summed E-state index contributed by atoms with van der Waals surface area (Å²) < 4.78 is 56.6. The molecule has 152 valence electrons. The van der Waals surface area contributed by atoms with Crippen LogP contribution in [0.15, 0.2) is 48.5 Å². The lowest BCUT2D eigenvalue weighted by Crippen LogP contribution is -2.45. The van der Waals surface area contributed by atoms with E-state index in [-0.39, 0.29) is 18.6 Å². The standard InChI is InChI=1S/C20H16ClF4N3O/c1-28-17(12-2-8-16(9-3-12)29-20(23,24)25)26-27-18(28)19(10-15(22)11-19)13-4-6-14(21)7-5-13/h2-9,15H,10-11H2,1H3/t15-,19-. The zero-order chi connectivity index (χ0) is 20.8. The first-order valence-corrected chi connectivity index (χ1v) is 9.22. The number of rotatable bonds is 4. The van der Waals surface area contributed by atoms with Gasteiger partial charge in [0.05, 0.1) is 5.41 Å². The van der Waals surface area contributed by atoms with Gasteiger partial charge >= 0.3 is 6.36 Å². The van der Waals surface area contributed by atoms with Crippen LogP contribution in [0.1, 0.15) is 24.2 Å². The number of hydrogen-bond acceptors (Lipinski definition) is 3. The van der Waals surface area contributed by atoms with Crippen LogP contribution in [0.4, 0.5) is 17.6 Å². The molecule has 0 aliphatic heterocycles. The van der Waals surface area contributed by atoms with Crippen LogP contribution in [0.2, 0.25) is 5.02 Å². The van der Waals surface area contributed by atoms with Gasteiger partial charge in [-0.05, 0) is 54.8 Å². The van der Waals surface area contributed by atoms with E-state index in [4.69, 9.17) is 11.6 Å². The molecule has 4 nitrogen and oxygen atoms in total. The zero-order valence-corrected chi connectivity index (χ0v) is 16.0. The van der Waals surface area contributed by atoms with Crippen LogP contribution in [-0.4, -0.2) is 27.3 Å². The summed E-state index contributed by atoms with van der Waals surface area (Å²) >= 11 is 5.98. The van der Waals surface area contributed by atoms with E-state index in [0.29, 0.717) is 22.2 Å². The molecule has 0 N–H and O–H groups in total. The van der Waals surface area contributed by atoms with Crippen molar-refractivity contribution in [3.63, 3.8) is 0 Å². The van der Waals surface area contributed by atoms with Crippen molar-refractivity contribution in [3.05, 3.63) is 64.9 Å². The van der Waals surface area contributed by atoms with Gasteiger partial charge in [-0.3, -0.25) is 0 Å². The Morgan fingerprint density at radius 3 is 2.21 bits per heavy atom. The number of halogens is 5. The van der Waals surface area contributed by atoms with Gasteiger partial charge in [0.2, 0.25) is 0 Å². The van der Waals surface area contributed by atoms with Crippen LogP contribution >= 0.6 is 11.6 Å². The molecule has 0 bridgehead atoms. The van der Waals surface area contributed by atoms with Gasteiger partial charge in [-0.1, -0.05) is 23.7 Å². The normalized spacial score (nSPS) is 21.7. The van der Waals surface area contributed by atoms with E-state index in [9.17, 15) is 17.6 Å². The minimum absolute atomic E-state index is 0.277. The van der Waals surface area contributed by atoms with Crippen molar-refractivity contribution in [2.24, 2.45) is 7.05 Å². The first kappa shape index (κ1) is 19.7. The topological polar surface area (TPSA) is 39.9 Å². The van der Waals surface area contributed by atoms with Crippen LogP contribution in [0.5, 0.6) is 5.75 Å². The number of ether oxygens (including phenoxy) is 1. The highest BCUT2D eigenvalue weighted by atomic mass is 35.5. The molecule has 0 saturated heterocycles. The highest BCUT2D eigenvalue weighted by Gasteiger charge is 2.50. The maximum atomic E-state index is 13.9. The summed E-state index contributed by atoms with van der Waals surface area (Å²) in [5.74, 6) is 0.745. The van der Waals surface area contributed by atoms with Gasteiger partial charge in [0.15, 0.2) is 5.82 Å². The second-order valence-corrected chi connectivity index (χ2v) is 7.51. The molecule has 3 aromatic rings. The van der Waals surface area contributed by atoms with Crippen LogP contribution in [0, 0.1) is 0 Å². The van der Waals surface area contributed by atoms with Gasteiger partial charge in [0, 0.05) is 17.6 Å². The second kappa shape index (κ2) is 7.02. The second-order valence-electron chi connectivity index (χ2n) is 7.07. The van der Waals surface area contributed by atoms with Crippen molar-refractivity contribution in [3.8, 4) is 17.1 Å². The van der Waals surface area contributed by atoms with Crippen LogP contribution < -0.4 is 4.74 Å². The maximum absolute atomic E-state index is 13.9. The lowest BCUT2D eigenvalue weighted by molar-refractivity contribution is -0.274. The predicted octanol–water partition coefficient (Wildman–Crippen LogP) is 5.45. The molecule has 1 aliphatic carbocycles. The van der Waals surface area contributed by atoms with E-state index in [1.807, 2.05) is 12.1 Å². The van der Waals surface area contributed by atoms with E-state index in [1.165, 1.54) is 24.3 Å². The Kier molecular flexibility index (Phi) is 4.77. The summed E-state index contributed by atoms with van der Waals surface area (Å²) in [6, 6.07) is 12.6. The highest BCUT2D eigenvalue weighted by molar-refractivity contribution is 6.30. The molecule has 0 unspecified atom stereocenters. The van der Waals surface area contributed by atoms with Crippen LogP contribution in [0.3, 0.4) is 0 Å². The van der Waals surface area contributed by atoms with Crippen molar-refractivity contribution in [2.75, 3.05) is 0 Å². The lowest BCUT2D eigenvalue weighted by atomic mass is 9.62.